The van der Waals surface area contributed by atoms with Crippen LogP contribution in [-0.4, -0.2) is 27.3 Å². The molecule has 0 amide bonds. The van der Waals surface area contributed by atoms with Crippen LogP contribution in [-0.2, 0) is 26.1 Å². The lowest BCUT2D eigenvalue weighted by Gasteiger charge is -2.10. The largest absolute Gasteiger partial charge is 0.467 e. The summed E-state index contributed by atoms with van der Waals surface area (Å²) in [5.74, 6) is 3.64. The van der Waals surface area contributed by atoms with Crippen LogP contribution in [0.1, 0.15) is 30.8 Å². The number of nitrogens with one attached hydrogen (secondary N) is 2. The Morgan fingerprint density at radius 1 is 1.41 bits per heavy atom. The van der Waals surface area contributed by atoms with Gasteiger partial charge in [0.15, 0.2) is 11.8 Å². The quantitative estimate of drug-likeness (QED) is 0.441. The Kier molecular flexibility index (Phi) is 6.22. The minimum atomic E-state index is 0. The summed E-state index contributed by atoms with van der Waals surface area (Å²) < 4.78 is 7.47. The number of hydrogen-bond donors (Lipinski definition) is 2. The Labute approximate surface area is 146 Å². The lowest BCUT2D eigenvalue weighted by Crippen LogP contribution is -2.36. The van der Waals surface area contributed by atoms with E-state index in [1.54, 1.807) is 6.26 Å². The van der Waals surface area contributed by atoms with E-state index in [0.29, 0.717) is 13.1 Å². The molecule has 0 aliphatic carbocycles. The zero-order valence-corrected chi connectivity index (χ0v) is 14.9. The average molecular weight is 416 g/mol. The molecule has 120 valence electrons. The third-order valence-corrected chi connectivity index (χ3v) is 3.42. The molecule has 0 saturated carbocycles. The molecule has 0 saturated heterocycles. The van der Waals surface area contributed by atoms with Gasteiger partial charge in [-0.1, -0.05) is 0 Å². The Bertz CT molecular complexity index is 607. The van der Waals surface area contributed by atoms with E-state index >= 15 is 0 Å². The molecule has 0 bridgehead atoms. The molecule has 0 fully saturated rings. The van der Waals surface area contributed by atoms with Crippen molar-refractivity contribution in [2.75, 3.05) is 6.54 Å². The van der Waals surface area contributed by atoms with Crippen molar-refractivity contribution in [3.05, 3.63) is 35.8 Å². The fraction of sp³-hybridized carbons (Fsp3) is 0.500. The zero-order valence-electron chi connectivity index (χ0n) is 12.6. The zero-order chi connectivity index (χ0) is 14.5. The van der Waals surface area contributed by atoms with E-state index in [-0.39, 0.29) is 24.0 Å². The van der Waals surface area contributed by atoms with Crippen molar-refractivity contribution in [3.8, 4) is 0 Å². The van der Waals surface area contributed by atoms with Gasteiger partial charge in [0.1, 0.15) is 18.1 Å². The molecule has 1 aliphatic heterocycles. The molecular weight excluding hydrogens is 395 g/mol. The number of rotatable bonds is 5. The number of fused-ring (bicyclic) bond motifs is 1. The second-order valence-electron chi connectivity index (χ2n) is 4.92. The molecule has 2 aromatic heterocycles. The Balaban J connectivity index is 0.00000176. The lowest BCUT2D eigenvalue weighted by molar-refractivity contribution is 0.501. The molecule has 2 N–H and O–H groups in total. The van der Waals surface area contributed by atoms with Gasteiger partial charge in [0.2, 0.25) is 0 Å². The van der Waals surface area contributed by atoms with Crippen LogP contribution in [0.5, 0.6) is 0 Å². The monoisotopic (exact) mass is 416 g/mol. The number of furan rings is 1. The van der Waals surface area contributed by atoms with E-state index in [1.807, 2.05) is 19.1 Å². The number of aliphatic imine (C=N–C) groups is 1. The van der Waals surface area contributed by atoms with Gasteiger partial charge < -0.3 is 19.6 Å². The summed E-state index contributed by atoms with van der Waals surface area (Å²) in [7, 11) is 0. The number of aromatic nitrogens is 3. The fourth-order valence-electron chi connectivity index (χ4n) is 2.40. The summed E-state index contributed by atoms with van der Waals surface area (Å²) in [6, 6.07) is 3.81. The molecule has 22 heavy (non-hydrogen) atoms. The van der Waals surface area contributed by atoms with E-state index in [4.69, 9.17) is 4.42 Å². The normalized spacial score (nSPS) is 13.6. The maximum atomic E-state index is 5.30. The van der Waals surface area contributed by atoms with Crippen LogP contribution >= 0.6 is 24.0 Å². The SMILES string of the molecule is CCNC(=NCc1nnc2n1CCC2)NCc1ccco1.I. The van der Waals surface area contributed by atoms with E-state index in [9.17, 15) is 0 Å². The van der Waals surface area contributed by atoms with Gasteiger partial charge in [0, 0.05) is 19.5 Å². The van der Waals surface area contributed by atoms with Crippen molar-refractivity contribution >= 4 is 29.9 Å². The molecule has 0 unspecified atom stereocenters. The molecule has 3 rings (SSSR count). The number of hydrogen-bond acceptors (Lipinski definition) is 4. The summed E-state index contributed by atoms with van der Waals surface area (Å²) in [5, 5.41) is 14.9. The summed E-state index contributed by atoms with van der Waals surface area (Å²) >= 11 is 0. The maximum absolute atomic E-state index is 5.30. The van der Waals surface area contributed by atoms with Crippen LogP contribution < -0.4 is 10.6 Å². The minimum absolute atomic E-state index is 0. The number of halogens is 1. The van der Waals surface area contributed by atoms with Gasteiger partial charge in [-0.15, -0.1) is 34.2 Å². The van der Waals surface area contributed by atoms with E-state index in [1.165, 1.54) is 0 Å². The van der Waals surface area contributed by atoms with Crippen LogP contribution in [0.25, 0.3) is 0 Å². The third kappa shape index (κ3) is 3.99. The van der Waals surface area contributed by atoms with Crippen LogP contribution in [0.4, 0.5) is 0 Å². The van der Waals surface area contributed by atoms with Gasteiger partial charge in [-0.2, -0.15) is 0 Å². The number of nitrogens with zero attached hydrogens (tertiary/aromatic N) is 4. The Morgan fingerprint density at radius 3 is 3.09 bits per heavy atom. The molecule has 0 spiro atoms. The molecular formula is C14H21IN6O. The Hall–Kier alpha value is -1.58. The van der Waals surface area contributed by atoms with Gasteiger partial charge >= 0.3 is 0 Å². The fourth-order valence-corrected chi connectivity index (χ4v) is 2.40. The first-order valence-electron chi connectivity index (χ1n) is 7.32. The van der Waals surface area contributed by atoms with Gasteiger partial charge in [-0.3, -0.25) is 0 Å². The predicted octanol–water partition coefficient (Wildman–Crippen LogP) is 1.69. The van der Waals surface area contributed by atoms with Gasteiger partial charge in [0.05, 0.1) is 12.8 Å². The minimum Gasteiger partial charge on any atom is -0.467 e. The van der Waals surface area contributed by atoms with Crippen molar-refractivity contribution in [2.24, 2.45) is 4.99 Å². The molecule has 7 nitrogen and oxygen atoms in total. The van der Waals surface area contributed by atoms with Gasteiger partial charge in [-0.25, -0.2) is 4.99 Å². The topological polar surface area (TPSA) is 80.3 Å². The van der Waals surface area contributed by atoms with Crippen LogP contribution in [0.2, 0.25) is 0 Å². The van der Waals surface area contributed by atoms with Gasteiger partial charge in [0.25, 0.3) is 0 Å². The second kappa shape index (κ2) is 8.16. The summed E-state index contributed by atoms with van der Waals surface area (Å²) in [6.45, 7) is 4.99. The first-order chi connectivity index (χ1) is 10.4. The standard InChI is InChI=1S/C14H20N6O.HI/c1-2-15-14(16-9-11-5-4-8-21-11)17-10-13-19-18-12-6-3-7-20(12)13;/h4-5,8H,2-3,6-7,9-10H2,1H3,(H2,15,16,17);1H. The highest BCUT2D eigenvalue weighted by Crippen LogP contribution is 2.14. The predicted molar refractivity (Wildman–Crippen MR) is 94.1 cm³/mol. The highest BCUT2D eigenvalue weighted by atomic mass is 127. The molecule has 8 heteroatoms. The van der Waals surface area contributed by atoms with E-state index in [0.717, 1.165) is 49.3 Å². The molecule has 2 aromatic rings. The first kappa shape index (κ1) is 16.8. The van der Waals surface area contributed by atoms with Crippen LogP contribution in [0, 0.1) is 0 Å². The molecule has 3 heterocycles. The summed E-state index contributed by atoms with van der Waals surface area (Å²) in [4.78, 5) is 4.56. The number of aryl methyl sites for hydroxylation is 1. The van der Waals surface area contributed by atoms with Crippen molar-refractivity contribution in [2.45, 2.75) is 39.4 Å². The second-order valence-corrected chi connectivity index (χ2v) is 4.92. The molecule has 1 aliphatic rings. The Morgan fingerprint density at radius 2 is 2.32 bits per heavy atom. The molecule has 0 aromatic carbocycles. The van der Waals surface area contributed by atoms with Crippen molar-refractivity contribution < 1.29 is 4.42 Å². The number of guanidine groups is 1. The smallest absolute Gasteiger partial charge is 0.192 e. The van der Waals surface area contributed by atoms with Gasteiger partial charge in [-0.05, 0) is 25.5 Å². The van der Waals surface area contributed by atoms with Crippen molar-refractivity contribution in [3.63, 3.8) is 0 Å². The summed E-state index contributed by atoms with van der Waals surface area (Å²) in [6.07, 6.45) is 3.84. The average Bonchev–Trinajstić information content (AvgIpc) is 3.19. The van der Waals surface area contributed by atoms with E-state index < -0.39 is 0 Å². The highest BCUT2D eigenvalue weighted by Gasteiger charge is 2.16. The van der Waals surface area contributed by atoms with Crippen molar-refractivity contribution in [1.29, 1.82) is 0 Å². The molecule has 0 atom stereocenters. The lowest BCUT2D eigenvalue weighted by atomic mass is 10.4. The van der Waals surface area contributed by atoms with Crippen LogP contribution in [0.15, 0.2) is 27.8 Å². The highest BCUT2D eigenvalue weighted by molar-refractivity contribution is 14.0. The first-order valence-corrected chi connectivity index (χ1v) is 7.32. The maximum Gasteiger partial charge on any atom is 0.192 e. The summed E-state index contributed by atoms with van der Waals surface area (Å²) in [5.41, 5.74) is 0. The third-order valence-electron chi connectivity index (χ3n) is 3.42. The van der Waals surface area contributed by atoms with Crippen LogP contribution in [0.3, 0.4) is 0 Å². The molecule has 0 radical (unpaired) electrons. The van der Waals surface area contributed by atoms with E-state index in [2.05, 4.69) is 30.4 Å². The van der Waals surface area contributed by atoms with Crippen molar-refractivity contribution in [1.82, 2.24) is 25.4 Å².